The van der Waals surface area contributed by atoms with Crippen LogP contribution in [0.5, 0.6) is 0 Å². The van der Waals surface area contributed by atoms with Crippen molar-refractivity contribution in [3.05, 3.63) is 71.8 Å². The van der Waals surface area contributed by atoms with Gasteiger partial charge in [-0.05, 0) is 11.1 Å². The summed E-state index contributed by atoms with van der Waals surface area (Å²) in [5.74, 6) is -2.45. The molecule has 0 saturated heterocycles. The third-order valence-corrected chi connectivity index (χ3v) is 2.70. The minimum Gasteiger partial charge on any atom is -0.479 e. The predicted molar refractivity (Wildman–Crippen MR) is 78.1 cm³/mol. The number of carbonyl (C=O) groups is 2. The highest BCUT2D eigenvalue weighted by Crippen LogP contribution is 2.11. The summed E-state index contributed by atoms with van der Waals surface area (Å²) in [6, 6.07) is 16.5. The summed E-state index contributed by atoms with van der Waals surface area (Å²) in [4.78, 5) is 20.5. The summed E-state index contributed by atoms with van der Waals surface area (Å²) in [5, 5.41) is 34.8. The molecule has 0 fully saturated rings. The largest absolute Gasteiger partial charge is 0.479 e. The van der Waals surface area contributed by atoms with Crippen LogP contribution in [0.4, 0.5) is 0 Å². The van der Waals surface area contributed by atoms with Gasteiger partial charge in [-0.15, -0.1) is 0 Å². The molecule has 0 aliphatic rings. The van der Waals surface area contributed by atoms with Crippen LogP contribution in [0.15, 0.2) is 60.7 Å². The number of carboxylic acid groups (broad SMARTS) is 2. The maximum Gasteiger partial charge on any atom is 0.337 e. The molecular formula is C16H16O6. The highest BCUT2D eigenvalue weighted by molar-refractivity contribution is 5.74. The van der Waals surface area contributed by atoms with Crippen molar-refractivity contribution in [1.82, 2.24) is 0 Å². The molecule has 0 spiro atoms. The summed E-state index contributed by atoms with van der Waals surface area (Å²) in [7, 11) is 0. The number of carboxylic acids is 2. The Balaban J connectivity index is 0.000000220. The lowest BCUT2D eigenvalue weighted by Crippen LogP contribution is -2.09. The quantitative estimate of drug-likeness (QED) is 0.682. The van der Waals surface area contributed by atoms with Gasteiger partial charge in [-0.2, -0.15) is 0 Å². The van der Waals surface area contributed by atoms with Gasteiger partial charge in [-0.1, -0.05) is 60.7 Å². The number of hydrogen-bond donors (Lipinski definition) is 4. The van der Waals surface area contributed by atoms with Crippen molar-refractivity contribution in [2.24, 2.45) is 0 Å². The Kier molecular flexibility index (Phi) is 6.75. The van der Waals surface area contributed by atoms with Gasteiger partial charge in [-0.25, -0.2) is 9.59 Å². The summed E-state index contributed by atoms with van der Waals surface area (Å²) in [6.07, 6.45) is -2.81. The number of hydrogen-bond acceptors (Lipinski definition) is 4. The van der Waals surface area contributed by atoms with Crippen LogP contribution in [0.1, 0.15) is 23.3 Å². The van der Waals surface area contributed by atoms with Crippen molar-refractivity contribution in [3.63, 3.8) is 0 Å². The van der Waals surface area contributed by atoms with Crippen LogP contribution >= 0.6 is 0 Å². The summed E-state index contributed by atoms with van der Waals surface area (Å²) in [6.45, 7) is 0. The Bertz CT molecular complexity index is 541. The van der Waals surface area contributed by atoms with Gasteiger partial charge in [0.05, 0.1) is 0 Å². The maximum atomic E-state index is 10.2. The molecule has 0 aliphatic carbocycles. The van der Waals surface area contributed by atoms with E-state index >= 15 is 0 Å². The van der Waals surface area contributed by atoms with Crippen molar-refractivity contribution >= 4 is 11.9 Å². The SMILES string of the molecule is O=C(O)[C@H](O)c1ccccc1.O=C(O)[C@H](O)c1ccccc1. The molecule has 0 heterocycles. The van der Waals surface area contributed by atoms with Crippen molar-refractivity contribution in [2.45, 2.75) is 12.2 Å². The molecule has 2 aromatic rings. The Morgan fingerprint density at radius 1 is 0.636 bits per heavy atom. The molecule has 0 aromatic heterocycles. The van der Waals surface area contributed by atoms with Crippen LogP contribution in [0, 0.1) is 0 Å². The van der Waals surface area contributed by atoms with Crippen molar-refractivity contribution < 1.29 is 30.0 Å². The van der Waals surface area contributed by atoms with Gasteiger partial charge >= 0.3 is 11.9 Å². The molecule has 0 saturated carbocycles. The van der Waals surface area contributed by atoms with Gasteiger partial charge in [0, 0.05) is 0 Å². The summed E-state index contributed by atoms with van der Waals surface area (Å²) >= 11 is 0. The average molecular weight is 304 g/mol. The minimum atomic E-state index is -1.41. The van der Waals surface area contributed by atoms with E-state index in [2.05, 4.69) is 0 Å². The Hall–Kier alpha value is -2.70. The molecule has 0 aliphatic heterocycles. The van der Waals surface area contributed by atoms with Crippen molar-refractivity contribution in [3.8, 4) is 0 Å². The van der Waals surface area contributed by atoms with Gasteiger partial charge < -0.3 is 20.4 Å². The maximum absolute atomic E-state index is 10.2. The highest BCUT2D eigenvalue weighted by atomic mass is 16.4. The standard InChI is InChI=1S/2C8H8O3/c2*9-7(8(10)11)6-4-2-1-3-5-6/h2*1-5,7,9H,(H,10,11)/t2*7-/m11/s1. The molecule has 2 atom stereocenters. The van der Waals surface area contributed by atoms with Crippen LogP contribution < -0.4 is 0 Å². The molecule has 0 unspecified atom stereocenters. The van der Waals surface area contributed by atoms with Gasteiger partial charge in [0.25, 0.3) is 0 Å². The zero-order valence-corrected chi connectivity index (χ0v) is 11.5. The molecular weight excluding hydrogens is 288 g/mol. The number of aliphatic carboxylic acids is 2. The monoisotopic (exact) mass is 304 g/mol. The van der Waals surface area contributed by atoms with E-state index in [4.69, 9.17) is 20.4 Å². The molecule has 6 nitrogen and oxygen atoms in total. The number of aliphatic hydroxyl groups is 2. The first-order chi connectivity index (χ1) is 10.4. The van der Waals surface area contributed by atoms with Crippen molar-refractivity contribution in [1.29, 1.82) is 0 Å². The van der Waals surface area contributed by atoms with Gasteiger partial charge in [0.1, 0.15) is 0 Å². The fraction of sp³-hybridized carbons (Fsp3) is 0.125. The molecule has 2 aromatic carbocycles. The molecule has 0 bridgehead atoms. The normalized spacial score (nSPS) is 12.5. The topological polar surface area (TPSA) is 115 Å². The number of aliphatic hydroxyl groups excluding tert-OH is 2. The van der Waals surface area contributed by atoms with E-state index in [1.54, 1.807) is 60.7 Å². The fourth-order valence-corrected chi connectivity index (χ4v) is 1.56. The lowest BCUT2D eigenvalue weighted by atomic mass is 10.1. The number of benzene rings is 2. The summed E-state index contributed by atoms with van der Waals surface area (Å²) in [5.41, 5.74) is 0.806. The number of rotatable bonds is 4. The second-order valence-electron chi connectivity index (χ2n) is 4.30. The van der Waals surface area contributed by atoms with Gasteiger partial charge in [0.2, 0.25) is 0 Å². The zero-order valence-electron chi connectivity index (χ0n) is 11.5. The molecule has 0 radical (unpaired) electrons. The smallest absolute Gasteiger partial charge is 0.337 e. The fourth-order valence-electron chi connectivity index (χ4n) is 1.56. The first-order valence-corrected chi connectivity index (χ1v) is 6.35. The molecule has 116 valence electrons. The van der Waals surface area contributed by atoms with Gasteiger partial charge in [-0.3, -0.25) is 0 Å². The second-order valence-corrected chi connectivity index (χ2v) is 4.30. The van der Waals surface area contributed by atoms with E-state index < -0.39 is 24.1 Å². The second kappa shape index (κ2) is 8.56. The summed E-state index contributed by atoms with van der Waals surface area (Å²) < 4.78 is 0. The first-order valence-electron chi connectivity index (χ1n) is 6.35. The predicted octanol–water partition coefficient (Wildman–Crippen LogP) is 1.61. The molecule has 22 heavy (non-hydrogen) atoms. The minimum absolute atomic E-state index is 0.403. The highest BCUT2D eigenvalue weighted by Gasteiger charge is 2.14. The molecule has 6 heteroatoms. The van der Waals surface area contributed by atoms with E-state index in [1.807, 2.05) is 0 Å². The third-order valence-electron chi connectivity index (χ3n) is 2.70. The van der Waals surface area contributed by atoms with Crippen LogP contribution in [-0.2, 0) is 9.59 Å². The van der Waals surface area contributed by atoms with Crippen LogP contribution in [-0.4, -0.2) is 32.4 Å². The van der Waals surface area contributed by atoms with Crippen LogP contribution in [0.25, 0.3) is 0 Å². The first kappa shape index (κ1) is 17.4. The van der Waals surface area contributed by atoms with Crippen LogP contribution in [0.2, 0.25) is 0 Å². The van der Waals surface area contributed by atoms with Crippen molar-refractivity contribution in [2.75, 3.05) is 0 Å². The lowest BCUT2D eigenvalue weighted by Gasteiger charge is -2.03. The van der Waals surface area contributed by atoms with E-state index in [-0.39, 0.29) is 0 Å². The van der Waals surface area contributed by atoms with E-state index in [9.17, 15) is 9.59 Å². The molecule has 2 rings (SSSR count). The van der Waals surface area contributed by atoms with E-state index in [0.29, 0.717) is 11.1 Å². The van der Waals surface area contributed by atoms with E-state index in [1.165, 1.54) is 0 Å². The Labute approximate surface area is 126 Å². The Morgan fingerprint density at radius 2 is 0.909 bits per heavy atom. The third kappa shape index (κ3) is 5.35. The Morgan fingerprint density at radius 3 is 1.14 bits per heavy atom. The van der Waals surface area contributed by atoms with Crippen LogP contribution in [0.3, 0.4) is 0 Å². The molecule has 4 N–H and O–H groups in total. The van der Waals surface area contributed by atoms with E-state index in [0.717, 1.165) is 0 Å². The lowest BCUT2D eigenvalue weighted by molar-refractivity contribution is -0.147. The molecule has 0 amide bonds. The average Bonchev–Trinajstić information content (AvgIpc) is 2.55. The zero-order chi connectivity index (χ0) is 16.5. The van der Waals surface area contributed by atoms with Gasteiger partial charge in [0.15, 0.2) is 12.2 Å².